The van der Waals surface area contributed by atoms with E-state index >= 15 is 0 Å². The van der Waals surface area contributed by atoms with Crippen molar-refractivity contribution in [1.82, 2.24) is 0 Å². The van der Waals surface area contributed by atoms with Gasteiger partial charge in [-0.25, -0.2) is 0 Å². The van der Waals surface area contributed by atoms with Crippen molar-refractivity contribution in [3.63, 3.8) is 0 Å². The smallest absolute Gasteiger partial charge is 0.311 e. The van der Waals surface area contributed by atoms with Gasteiger partial charge in [-0.1, -0.05) is 6.42 Å². The maximum absolute atomic E-state index is 11.5. The summed E-state index contributed by atoms with van der Waals surface area (Å²) in [5.74, 6) is -0.221. The zero-order chi connectivity index (χ0) is 15.7. The number of nitrogens with zero attached hydrogens (tertiary/aromatic N) is 2. The Bertz CT molecular complexity index is 501. The van der Waals surface area contributed by atoms with E-state index in [4.69, 9.17) is 4.74 Å². The number of nitro groups is 1. The second kappa shape index (κ2) is 8.46. The van der Waals surface area contributed by atoms with Crippen molar-refractivity contribution in [2.24, 2.45) is 0 Å². The predicted molar refractivity (Wildman–Crippen MR) is 70.1 cm³/mol. The van der Waals surface area contributed by atoms with Crippen molar-refractivity contribution in [2.45, 2.75) is 25.7 Å². The largest absolute Gasteiger partial charge is 0.427 e. The van der Waals surface area contributed by atoms with Crippen LogP contribution in [0, 0.1) is 20.2 Å². The molecule has 21 heavy (non-hydrogen) atoms. The molecule has 0 spiro atoms. The average Bonchev–Trinajstić information content (AvgIpc) is 2.43. The number of benzene rings is 1. The Morgan fingerprint density at radius 2 is 1.71 bits per heavy atom. The first-order valence-corrected chi connectivity index (χ1v) is 6.21. The van der Waals surface area contributed by atoms with Crippen molar-refractivity contribution in [3.05, 3.63) is 44.5 Å². The van der Waals surface area contributed by atoms with E-state index in [2.05, 4.69) is 4.84 Å². The first-order valence-electron chi connectivity index (χ1n) is 6.21. The molecule has 1 rings (SSSR count). The third kappa shape index (κ3) is 6.85. The summed E-state index contributed by atoms with van der Waals surface area (Å²) in [6.45, 7) is 0.00437. The molecule has 0 atom stereocenters. The van der Waals surface area contributed by atoms with E-state index in [1.165, 1.54) is 24.3 Å². The highest BCUT2D eigenvalue weighted by molar-refractivity contribution is 5.72. The van der Waals surface area contributed by atoms with E-state index in [0.717, 1.165) is 0 Å². The standard InChI is InChI=1S/C12H14N2O7/c15-12(4-2-1-3-9-20-14(18)19)21-11-7-5-10(6-8-11)13(16)17/h5-8H,1-4,9H2. The van der Waals surface area contributed by atoms with Gasteiger partial charge < -0.3 is 9.57 Å². The molecule has 0 fully saturated rings. The first kappa shape index (κ1) is 16.3. The Morgan fingerprint density at radius 3 is 2.29 bits per heavy atom. The topological polar surface area (TPSA) is 122 Å². The van der Waals surface area contributed by atoms with Gasteiger partial charge in [-0.3, -0.25) is 14.9 Å². The molecular formula is C12H14N2O7. The number of unbranched alkanes of at least 4 members (excludes halogenated alkanes) is 2. The summed E-state index contributed by atoms with van der Waals surface area (Å²) in [6, 6.07) is 5.19. The van der Waals surface area contributed by atoms with E-state index in [0.29, 0.717) is 19.3 Å². The summed E-state index contributed by atoms with van der Waals surface area (Å²) in [4.78, 5) is 35.4. The van der Waals surface area contributed by atoms with E-state index in [-0.39, 0.29) is 24.5 Å². The molecule has 0 saturated carbocycles. The van der Waals surface area contributed by atoms with Crippen LogP contribution in [-0.4, -0.2) is 22.6 Å². The van der Waals surface area contributed by atoms with Crippen LogP contribution in [0.5, 0.6) is 5.75 Å². The third-order valence-electron chi connectivity index (χ3n) is 2.50. The van der Waals surface area contributed by atoms with Crippen molar-refractivity contribution < 1.29 is 24.4 Å². The predicted octanol–water partition coefficient (Wildman–Crippen LogP) is 2.27. The number of esters is 1. The zero-order valence-electron chi connectivity index (χ0n) is 11.1. The van der Waals surface area contributed by atoms with Crippen LogP contribution in [0.1, 0.15) is 25.7 Å². The second-order valence-electron chi connectivity index (χ2n) is 4.09. The van der Waals surface area contributed by atoms with Crippen LogP contribution >= 0.6 is 0 Å². The average molecular weight is 298 g/mol. The number of nitro benzene ring substituents is 1. The monoisotopic (exact) mass is 298 g/mol. The molecule has 0 heterocycles. The fourth-order valence-corrected chi connectivity index (χ4v) is 1.51. The molecule has 0 N–H and O–H groups in total. The summed E-state index contributed by atoms with van der Waals surface area (Å²) in [5, 5.41) is 19.5. The van der Waals surface area contributed by atoms with Gasteiger partial charge in [0, 0.05) is 18.6 Å². The van der Waals surface area contributed by atoms with Gasteiger partial charge in [0.05, 0.1) is 11.5 Å². The highest BCUT2D eigenvalue weighted by atomic mass is 16.9. The second-order valence-corrected chi connectivity index (χ2v) is 4.09. The first-order chi connectivity index (χ1) is 9.99. The lowest BCUT2D eigenvalue weighted by molar-refractivity contribution is -0.757. The van der Waals surface area contributed by atoms with Gasteiger partial charge in [-0.05, 0) is 25.0 Å². The van der Waals surface area contributed by atoms with Crippen molar-refractivity contribution in [1.29, 1.82) is 0 Å². The molecule has 0 aliphatic heterocycles. The number of non-ortho nitro benzene ring substituents is 1. The van der Waals surface area contributed by atoms with Crippen molar-refractivity contribution in [3.8, 4) is 5.75 Å². The van der Waals surface area contributed by atoms with Crippen molar-refractivity contribution >= 4 is 11.7 Å². The maximum atomic E-state index is 11.5. The normalized spacial score (nSPS) is 9.90. The van der Waals surface area contributed by atoms with E-state index < -0.39 is 16.0 Å². The zero-order valence-corrected chi connectivity index (χ0v) is 11.1. The molecule has 0 bridgehead atoms. The molecule has 0 aliphatic carbocycles. The number of ether oxygens (including phenoxy) is 1. The van der Waals surface area contributed by atoms with Gasteiger partial charge in [-0.2, -0.15) is 0 Å². The quantitative estimate of drug-likeness (QED) is 0.225. The molecule has 1 aromatic carbocycles. The Morgan fingerprint density at radius 1 is 1.05 bits per heavy atom. The molecule has 9 heteroatoms. The van der Waals surface area contributed by atoms with Crippen LogP contribution in [0.15, 0.2) is 24.3 Å². The van der Waals surface area contributed by atoms with E-state index in [1.807, 2.05) is 0 Å². The molecule has 114 valence electrons. The van der Waals surface area contributed by atoms with E-state index in [9.17, 15) is 25.0 Å². The maximum Gasteiger partial charge on any atom is 0.311 e. The van der Waals surface area contributed by atoms with Gasteiger partial charge in [0.2, 0.25) is 0 Å². The van der Waals surface area contributed by atoms with Crippen LogP contribution < -0.4 is 4.74 Å². The third-order valence-corrected chi connectivity index (χ3v) is 2.50. The van der Waals surface area contributed by atoms with Gasteiger partial charge in [0.25, 0.3) is 10.8 Å². The minimum atomic E-state index is -0.858. The molecule has 0 unspecified atom stereocenters. The summed E-state index contributed by atoms with van der Waals surface area (Å²) in [7, 11) is 0. The van der Waals surface area contributed by atoms with Gasteiger partial charge >= 0.3 is 5.97 Å². The SMILES string of the molecule is O=C(CCCCCO[N+](=O)[O-])Oc1ccc([N+](=O)[O-])cc1. The summed E-state index contributed by atoms with van der Waals surface area (Å²) >= 11 is 0. The van der Waals surface area contributed by atoms with Crippen molar-refractivity contribution in [2.75, 3.05) is 6.61 Å². The Hall–Kier alpha value is -2.71. The van der Waals surface area contributed by atoms with Crippen LogP contribution in [-0.2, 0) is 9.63 Å². The molecule has 9 nitrogen and oxygen atoms in total. The number of hydrogen-bond acceptors (Lipinski definition) is 7. The lowest BCUT2D eigenvalue weighted by Gasteiger charge is -2.04. The molecule has 0 radical (unpaired) electrons. The minimum absolute atomic E-state index is 0.00437. The lowest BCUT2D eigenvalue weighted by atomic mass is 10.2. The summed E-state index contributed by atoms with van der Waals surface area (Å²) in [6.07, 6.45) is 1.76. The van der Waals surface area contributed by atoms with Crippen LogP contribution in [0.2, 0.25) is 0 Å². The molecule has 1 aromatic rings. The molecular weight excluding hydrogens is 284 g/mol. The summed E-state index contributed by atoms with van der Waals surface area (Å²) in [5.41, 5.74) is -0.0828. The van der Waals surface area contributed by atoms with Crippen LogP contribution in [0.3, 0.4) is 0 Å². The highest BCUT2D eigenvalue weighted by Crippen LogP contribution is 2.18. The number of carbonyl (C=O) groups excluding carboxylic acids is 1. The van der Waals surface area contributed by atoms with Crippen LogP contribution in [0.4, 0.5) is 5.69 Å². The highest BCUT2D eigenvalue weighted by Gasteiger charge is 2.08. The van der Waals surface area contributed by atoms with E-state index in [1.54, 1.807) is 0 Å². The molecule has 0 saturated heterocycles. The lowest BCUT2D eigenvalue weighted by Crippen LogP contribution is -2.08. The fourth-order valence-electron chi connectivity index (χ4n) is 1.51. The number of rotatable bonds is 9. The Balaban J connectivity index is 2.21. The van der Waals surface area contributed by atoms with Gasteiger partial charge in [-0.15, -0.1) is 10.1 Å². The number of carbonyl (C=O) groups is 1. The van der Waals surface area contributed by atoms with Gasteiger partial charge in [0.1, 0.15) is 5.75 Å². The number of hydrogen-bond donors (Lipinski definition) is 0. The Kier molecular flexibility index (Phi) is 6.58. The summed E-state index contributed by atoms with van der Waals surface area (Å²) < 4.78 is 4.99. The van der Waals surface area contributed by atoms with Gasteiger partial charge in [0.15, 0.2) is 0 Å². The molecule has 0 amide bonds. The minimum Gasteiger partial charge on any atom is -0.427 e. The Labute approximate surface area is 119 Å². The molecule has 0 aliphatic rings. The van der Waals surface area contributed by atoms with Crippen LogP contribution in [0.25, 0.3) is 0 Å². The fraction of sp³-hybridized carbons (Fsp3) is 0.417. The molecule has 0 aromatic heterocycles.